The third-order valence-corrected chi connectivity index (χ3v) is 10.1. The molecule has 0 aliphatic carbocycles. The zero-order valence-corrected chi connectivity index (χ0v) is 23.0. The fourth-order valence-corrected chi connectivity index (χ4v) is 7.96. The number of amides is 4. The summed E-state index contributed by atoms with van der Waals surface area (Å²) < 4.78 is 62.8. The molecule has 13 heteroatoms. The molecule has 0 spiro atoms. The molecule has 2 N–H and O–H groups in total. The number of carbonyl (C=O) groups excluding carboxylic acids is 4. The number of sulfone groups is 1. The molecule has 0 aromatic heterocycles. The number of hydrogen-bond donors (Lipinski definition) is 2. The Kier molecular flexibility index (Phi) is 7.79. The van der Waals surface area contributed by atoms with Crippen molar-refractivity contribution in [3.05, 3.63) is 58.7 Å². The number of rotatable bonds is 9. The van der Waals surface area contributed by atoms with Crippen LogP contribution >= 0.6 is 0 Å². The van der Waals surface area contributed by atoms with Crippen molar-refractivity contribution in [2.24, 2.45) is 0 Å². The highest BCUT2D eigenvalue weighted by atomic mass is 32.2. The Labute approximate surface area is 226 Å². The fraction of sp³-hybridized carbons (Fsp3) is 0.385. The fourth-order valence-electron chi connectivity index (χ4n) is 5.09. The van der Waals surface area contributed by atoms with E-state index in [1.807, 2.05) is 6.92 Å². The highest BCUT2D eigenvalue weighted by Crippen LogP contribution is 2.41. The van der Waals surface area contributed by atoms with Gasteiger partial charge < -0.3 is 0 Å². The van der Waals surface area contributed by atoms with Crippen LogP contribution in [0.15, 0.2) is 46.2 Å². The summed E-state index contributed by atoms with van der Waals surface area (Å²) in [7, 11) is -9.32. The molecule has 208 valence electrons. The van der Waals surface area contributed by atoms with E-state index < -0.39 is 70.2 Å². The molecule has 11 nitrogen and oxygen atoms in total. The van der Waals surface area contributed by atoms with Crippen molar-refractivity contribution in [1.29, 1.82) is 0 Å². The van der Waals surface area contributed by atoms with Crippen LogP contribution in [0.1, 0.15) is 82.5 Å². The molecule has 2 aliphatic heterocycles. The number of hydrogen-bond acceptors (Lipinski definition) is 8. The van der Waals surface area contributed by atoms with Crippen molar-refractivity contribution in [3.63, 3.8) is 0 Å². The molecular weight excluding hydrogens is 548 g/mol. The maximum absolute atomic E-state index is 14.2. The first-order valence-corrected chi connectivity index (χ1v) is 15.4. The molecule has 0 saturated carbocycles. The highest BCUT2D eigenvalue weighted by molar-refractivity contribution is 7.92. The maximum atomic E-state index is 14.2. The third-order valence-electron chi connectivity index (χ3n) is 6.97. The van der Waals surface area contributed by atoms with Gasteiger partial charge in [0.2, 0.25) is 11.8 Å². The quantitative estimate of drug-likeness (QED) is 0.259. The monoisotopic (exact) mass is 576 g/mol. The molecule has 39 heavy (non-hydrogen) atoms. The number of piperidine rings is 1. The van der Waals surface area contributed by atoms with Crippen LogP contribution in [-0.2, 0) is 29.5 Å². The molecular formula is C26H28N2O9S2. The SMILES string of the molecule is CCCCCC(c1cc(C)ccc1S(=O)(=O)O)S(=O)(=O)c1cccc2c1C(=O)N(C1CCC(=O)NC1=O)C2=O. The lowest BCUT2D eigenvalue weighted by atomic mass is 10.0. The van der Waals surface area contributed by atoms with E-state index in [0.717, 1.165) is 12.5 Å². The molecule has 4 rings (SSSR count). The van der Waals surface area contributed by atoms with E-state index in [2.05, 4.69) is 5.32 Å². The minimum absolute atomic E-state index is 0.00912. The second-order valence-corrected chi connectivity index (χ2v) is 13.2. The number of benzene rings is 2. The first-order valence-electron chi connectivity index (χ1n) is 12.5. The zero-order valence-electron chi connectivity index (χ0n) is 21.3. The number of carbonyl (C=O) groups is 4. The predicted octanol–water partition coefficient (Wildman–Crippen LogP) is 2.74. The normalized spacial score (nSPS) is 18.7. The van der Waals surface area contributed by atoms with Crippen molar-refractivity contribution in [2.75, 3.05) is 0 Å². The van der Waals surface area contributed by atoms with Gasteiger partial charge in [-0.1, -0.05) is 49.9 Å². The molecule has 2 atom stereocenters. The van der Waals surface area contributed by atoms with E-state index >= 15 is 0 Å². The lowest BCUT2D eigenvalue weighted by Crippen LogP contribution is -2.54. The predicted molar refractivity (Wildman–Crippen MR) is 138 cm³/mol. The first-order chi connectivity index (χ1) is 18.3. The van der Waals surface area contributed by atoms with Crippen molar-refractivity contribution < 1.29 is 40.6 Å². The van der Waals surface area contributed by atoms with Gasteiger partial charge in [-0.25, -0.2) is 8.42 Å². The van der Waals surface area contributed by atoms with Crippen molar-refractivity contribution in [1.82, 2.24) is 10.2 Å². The number of unbranched alkanes of at least 4 members (excludes halogenated alkanes) is 2. The van der Waals surface area contributed by atoms with Gasteiger partial charge >= 0.3 is 0 Å². The average Bonchev–Trinajstić information content (AvgIpc) is 3.11. The van der Waals surface area contributed by atoms with Crippen LogP contribution in [0.25, 0.3) is 0 Å². The summed E-state index contributed by atoms with van der Waals surface area (Å²) in [6.07, 6.45) is 1.60. The van der Waals surface area contributed by atoms with Gasteiger partial charge in [0.15, 0.2) is 9.84 Å². The highest BCUT2D eigenvalue weighted by Gasteiger charge is 2.48. The zero-order chi connectivity index (χ0) is 28.7. The van der Waals surface area contributed by atoms with Crippen LogP contribution in [0.5, 0.6) is 0 Å². The Bertz CT molecular complexity index is 1600. The molecule has 1 fully saturated rings. The first kappa shape index (κ1) is 28.6. The topological polar surface area (TPSA) is 172 Å². The second-order valence-electron chi connectivity index (χ2n) is 9.67. The molecule has 0 radical (unpaired) electrons. The number of fused-ring (bicyclic) bond motifs is 1. The standard InChI is InChI=1S/C26H28N2O9S2/c1-3-4-5-8-19(17-14-15(2)10-12-20(17)39(35,36)37)38(33,34)21-9-6-7-16-23(21)26(32)28(25(16)31)18-11-13-22(29)27-24(18)30/h6-7,9-10,12,14,18-19H,3-5,8,11,13H2,1-2H3,(H,27,29,30)(H,35,36,37). The maximum Gasteiger partial charge on any atom is 0.294 e. The van der Waals surface area contributed by atoms with Crippen molar-refractivity contribution in [3.8, 4) is 0 Å². The summed E-state index contributed by atoms with van der Waals surface area (Å²) in [6.45, 7) is 3.56. The molecule has 2 aromatic rings. The summed E-state index contributed by atoms with van der Waals surface area (Å²) in [5.74, 6) is -3.23. The van der Waals surface area contributed by atoms with Gasteiger partial charge in [0.25, 0.3) is 21.9 Å². The Morgan fingerprint density at radius 3 is 2.36 bits per heavy atom. The van der Waals surface area contributed by atoms with E-state index in [1.165, 1.54) is 30.3 Å². The minimum atomic E-state index is -4.80. The van der Waals surface area contributed by atoms with E-state index in [9.17, 15) is 40.6 Å². The Balaban J connectivity index is 1.86. The largest absolute Gasteiger partial charge is 0.295 e. The van der Waals surface area contributed by atoms with E-state index in [1.54, 1.807) is 6.92 Å². The van der Waals surface area contributed by atoms with Crippen LogP contribution < -0.4 is 5.32 Å². The summed E-state index contributed by atoms with van der Waals surface area (Å²) in [5, 5.41) is 0.632. The Morgan fingerprint density at radius 2 is 1.72 bits per heavy atom. The Hall–Kier alpha value is -3.42. The van der Waals surface area contributed by atoms with Crippen LogP contribution in [0.4, 0.5) is 0 Å². The lowest BCUT2D eigenvalue weighted by Gasteiger charge is -2.28. The van der Waals surface area contributed by atoms with Crippen LogP contribution in [0.2, 0.25) is 0 Å². The van der Waals surface area contributed by atoms with Gasteiger partial charge in [0, 0.05) is 6.42 Å². The van der Waals surface area contributed by atoms with Crippen LogP contribution in [-0.4, -0.2) is 56.0 Å². The van der Waals surface area contributed by atoms with Crippen LogP contribution in [0.3, 0.4) is 0 Å². The summed E-state index contributed by atoms with van der Waals surface area (Å²) in [5.41, 5.74) is -0.197. The molecule has 2 heterocycles. The van der Waals surface area contributed by atoms with Gasteiger partial charge in [0.05, 0.1) is 26.2 Å². The van der Waals surface area contributed by atoms with Gasteiger partial charge in [0.1, 0.15) is 6.04 Å². The van der Waals surface area contributed by atoms with Gasteiger partial charge in [-0.05, 0) is 43.5 Å². The lowest BCUT2D eigenvalue weighted by molar-refractivity contribution is -0.136. The van der Waals surface area contributed by atoms with E-state index in [0.29, 0.717) is 23.3 Å². The summed E-state index contributed by atoms with van der Waals surface area (Å²) in [6, 6.07) is 6.41. The Morgan fingerprint density at radius 1 is 1.00 bits per heavy atom. The number of aryl methyl sites for hydroxylation is 1. The number of nitrogens with zero attached hydrogens (tertiary/aromatic N) is 1. The molecule has 2 unspecified atom stereocenters. The van der Waals surface area contributed by atoms with Gasteiger partial charge in [-0.3, -0.25) is 33.9 Å². The average molecular weight is 577 g/mol. The molecule has 0 bridgehead atoms. The molecule has 4 amide bonds. The number of imide groups is 2. The molecule has 2 aliphatic rings. The molecule has 1 saturated heterocycles. The molecule has 2 aromatic carbocycles. The van der Waals surface area contributed by atoms with Crippen molar-refractivity contribution >= 4 is 43.6 Å². The van der Waals surface area contributed by atoms with E-state index in [4.69, 9.17) is 0 Å². The van der Waals surface area contributed by atoms with Crippen LogP contribution in [0, 0.1) is 6.92 Å². The van der Waals surface area contributed by atoms with E-state index in [-0.39, 0.29) is 30.4 Å². The summed E-state index contributed by atoms with van der Waals surface area (Å²) >= 11 is 0. The smallest absolute Gasteiger partial charge is 0.294 e. The third kappa shape index (κ3) is 5.25. The number of nitrogens with one attached hydrogen (secondary N) is 1. The van der Waals surface area contributed by atoms with Crippen molar-refractivity contribution in [2.45, 2.75) is 73.5 Å². The summed E-state index contributed by atoms with van der Waals surface area (Å²) in [4.78, 5) is 50.4. The second kappa shape index (κ2) is 10.6. The van der Waals surface area contributed by atoms with Gasteiger partial charge in [-0.2, -0.15) is 8.42 Å². The van der Waals surface area contributed by atoms with Gasteiger partial charge in [-0.15, -0.1) is 0 Å². The minimum Gasteiger partial charge on any atom is -0.295 e.